The molecule has 1 saturated heterocycles. The zero-order valence-electron chi connectivity index (χ0n) is 5.92. The van der Waals surface area contributed by atoms with Crippen molar-refractivity contribution in [1.29, 1.82) is 0 Å². The van der Waals surface area contributed by atoms with Gasteiger partial charge < -0.3 is 10.1 Å². The molecule has 60 valence electrons. The summed E-state index contributed by atoms with van der Waals surface area (Å²) in [5.41, 5.74) is 0. The summed E-state index contributed by atoms with van der Waals surface area (Å²) >= 11 is 0. The molecule has 0 spiro atoms. The van der Waals surface area contributed by atoms with E-state index in [9.17, 15) is 4.79 Å². The molecule has 4 heteroatoms. The van der Waals surface area contributed by atoms with Crippen molar-refractivity contribution in [2.24, 2.45) is 0 Å². The normalized spacial score (nSPS) is 22.3. The van der Waals surface area contributed by atoms with E-state index in [4.69, 9.17) is 4.74 Å². The Balaban J connectivity index is 0.000000810. The molecule has 0 bridgehead atoms. The first-order valence-electron chi connectivity index (χ1n) is 3.24. The second kappa shape index (κ2) is 4.52. The molecular formula is C6H12ClNO2. The molecule has 1 rings (SSSR count). The average Bonchev–Trinajstić information content (AvgIpc) is 1.60. The molecule has 3 nitrogen and oxygen atoms in total. The monoisotopic (exact) mass is 165 g/mol. The lowest BCUT2D eigenvalue weighted by Crippen LogP contribution is -2.49. The van der Waals surface area contributed by atoms with Crippen molar-refractivity contribution in [2.45, 2.75) is 19.4 Å². The first kappa shape index (κ1) is 9.72. The molecule has 0 aromatic heterocycles. The van der Waals surface area contributed by atoms with Crippen LogP contribution in [0.3, 0.4) is 0 Å². The van der Waals surface area contributed by atoms with Crippen molar-refractivity contribution in [3.63, 3.8) is 0 Å². The minimum atomic E-state index is -0.108. The van der Waals surface area contributed by atoms with Crippen LogP contribution < -0.4 is 5.32 Å². The highest BCUT2D eigenvalue weighted by molar-refractivity contribution is 5.85. The lowest BCUT2D eigenvalue weighted by Gasteiger charge is -2.24. The van der Waals surface area contributed by atoms with E-state index in [2.05, 4.69) is 5.32 Å². The van der Waals surface area contributed by atoms with Crippen LogP contribution in [0.4, 0.5) is 0 Å². The lowest BCUT2D eigenvalue weighted by molar-refractivity contribution is -0.147. The van der Waals surface area contributed by atoms with Crippen molar-refractivity contribution >= 4 is 18.4 Å². The summed E-state index contributed by atoms with van der Waals surface area (Å²) in [4.78, 5) is 10.7. The molecule has 1 N–H and O–H groups in total. The second-order valence-corrected chi connectivity index (χ2v) is 2.05. The number of rotatable bonds is 2. The predicted molar refractivity (Wildman–Crippen MR) is 40.3 cm³/mol. The summed E-state index contributed by atoms with van der Waals surface area (Å²) in [6.07, 6.45) is 0.929. The van der Waals surface area contributed by atoms with Gasteiger partial charge in [0, 0.05) is 0 Å². The van der Waals surface area contributed by atoms with Gasteiger partial charge in [0.05, 0.1) is 6.61 Å². The highest BCUT2D eigenvalue weighted by Gasteiger charge is 2.25. The van der Waals surface area contributed by atoms with Gasteiger partial charge in [-0.3, -0.25) is 4.79 Å². The van der Waals surface area contributed by atoms with Crippen LogP contribution in [0.15, 0.2) is 0 Å². The SMILES string of the molecule is CCOC(=O)[C@H]1CCN1.Cl. The van der Waals surface area contributed by atoms with E-state index in [1.165, 1.54) is 0 Å². The molecule has 1 aliphatic heterocycles. The fourth-order valence-electron chi connectivity index (χ4n) is 0.733. The summed E-state index contributed by atoms with van der Waals surface area (Å²) in [5, 5.41) is 2.96. The Morgan fingerprint density at radius 1 is 1.80 bits per heavy atom. The average molecular weight is 166 g/mol. The Labute approximate surface area is 66.5 Å². The molecule has 0 saturated carbocycles. The van der Waals surface area contributed by atoms with Gasteiger partial charge in [-0.25, -0.2) is 0 Å². The summed E-state index contributed by atoms with van der Waals surface area (Å²) in [5.74, 6) is -0.108. The number of hydrogen-bond acceptors (Lipinski definition) is 3. The van der Waals surface area contributed by atoms with E-state index in [1.807, 2.05) is 6.92 Å². The standard InChI is InChI=1S/C6H11NO2.ClH/c1-2-9-6(8)5-3-4-7-5;/h5,7H,2-4H2,1H3;1H/t5-;/m1./s1. The largest absolute Gasteiger partial charge is 0.465 e. The van der Waals surface area contributed by atoms with Crippen molar-refractivity contribution in [3.05, 3.63) is 0 Å². The van der Waals surface area contributed by atoms with Crippen LogP contribution in [0.1, 0.15) is 13.3 Å². The number of esters is 1. The maximum absolute atomic E-state index is 10.7. The van der Waals surface area contributed by atoms with Gasteiger partial charge in [-0.1, -0.05) is 0 Å². The quantitative estimate of drug-likeness (QED) is 0.600. The smallest absolute Gasteiger partial charge is 0.323 e. The molecule has 1 aliphatic rings. The lowest BCUT2D eigenvalue weighted by atomic mass is 10.1. The number of hydrogen-bond donors (Lipinski definition) is 1. The zero-order valence-corrected chi connectivity index (χ0v) is 6.74. The molecule has 0 unspecified atom stereocenters. The Morgan fingerprint density at radius 2 is 2.40 bits per heavy atom. The van der Waals surface area contributed by atoms with E-state index >= 15 is 0 Å². The summed E-state index contributed by atoms with van der Waals surface area (Å²) in [6, 6.07) is -0.00931. The van der Waals surface area contributed by atoms with E-state index < -0.39 is 0 Å². The molecule has 1 fully saturated rings. The Hall–Kier alpha value is -0.280. The maximum atomic E-state index is 10.7. The molecular weight excluding hydrogens is 154 g/mol. The molecule has 0 radical (unpaired) electrons. The van der Waals surface area contributed by atoms with Crippen molar-refractivity contribution in [1.82, 2.24) is 5.32 Å². The number of carbonyl (C=O) groups is 1. The Morgan fingerprint density at radius 3 is 2.70 bits per heavy atom. The first-order chi connectivity index (χ1) is 4.34. The molecule has 0 aromatic carbocycles. The fraction of sp³-hybridized carbons (Fsp3) is 0.833. The number of halogens is 1. The van der Waals surface area contributed by atoms with Crippen LogP contribution in [0.25, 0.3) is 0 Å². The number of carbonyl (C=O) groups excluding carboxylic acids is 1. The van der Waals surface area contributed by atoms with Crippen LogP contribution in [-0.2, 0) is 9.53 Å². The number of ether oxygens (including phenoxy) is 1. The van der Waals surface area contributed by atoms with Gasteiger partial charge in [0.2, 0.25) is 0 Å². The van der Waals surface area contributed by atoms with Crippen LogP contribution in [0.2, 0.25) is 0 Å². The van der Waals surface area contributed by atoms with E-state index in [0.29, 0.717) is 6.61 Å². The minimum Gasteiger partial charge on any atom is -0.465 e. The van der Waals surface area contributed by atoms with Crippen LogP contribution >= 0.6 is 12.4 Å². The molecule has 1 heterocycles. The third kappa shape index (κ3) is 2.15. The minimum absolute atomic E-state index is 0. The van der Waals surface area contributed by atoms with Crippen LogP contribution in [0.5, 0.6) is 0 Å². The highest BCUT2D eigenvalue weighted by atomic mass is 35.5. The van der Waals surface area contributed by atoms with Gasteiger partial charge in [0.1, 0.15) is 6.04 Å². The third-order valence-electron chi connectivity index (χ3n) is 1.39. The van der Waals surface area contributed by atoms with Crippen LogP contribution in [-0.4, -0.2) is 25.2 Å². The van der Waals surface area contributed by atoms with Gasteiger partial charge in [-0.2, -0.15) is 0 Å². The first-order valence-corrected chi connectivity index (χ1v) is 3.24. The van der Waals surface area contributed by atoms with Crippen LogP contribution in [0, 0.1) is 0 Å². The number of nitrogens with one attached hydrogen (secondary N) is 1. The summed E-state index contributed by atoms with van der Waals surface area (Å²) in [6.45, 7) is 3.25. The van der Waals surface area contributed by atoms with E-state index in [1.54, 1.807) is 0 Å². The Kier molecular flexibility index (Phi) is 4.40. The van der Waals surface area contributed by atoms with E-state index in [-0.39, 0.29) is 24.4 Å². The predicted octanol–water partition coefficient (Wildman–Crippen LogP) is 0.333. The molecule has 0 amide bonds. The summed E-state index contributed by atoms with van der Waals surface area (Å²) in [7, 11) is 0. The summed E-state index contributed by atoms with van der Waals surface area (Å²) < 4.78 is 4.74. The van der Waals surface area contributed by atoms with Gasteiger partial charge in [0.25, 0.3) is 0 Å². The highest BCUT2D eigenvalue weighted by Crippen LogP contribution is 2.02. The van der Waals surface area contributed by atoms with E-state index in [0.717, 1.165) is 13.0 Å². The Bertz CT molecular complexity index is 114. The van der Waals surface area contributed by atoms with Crippen molar-refractivity contribution in [3.8, 4) is 0 Å². The maximum Gasteiger partial charge on any atom is 0.323 e. The second-order valence-electron chi connectivity index (χ2n) is 2.05. The molecule has 10 heavy (non-hydrogen) atoms. The van der Waals surface area contributed by atoms with Gasteiger partial charge in [0.15, 0.2) is 0 Å². The zero-order chi connectivity index (χ0) is 6.69. The van der Waals surface area contributed by atoms with Crippen molar-refractivity contribution in [2.75, 3.05) is 13.2 Å². The van der Waals surface area contributed by atoms with Gasteiger partial charge in [-0.05, 0) is 19.9 Å². The molecule has 0 aromatic rings. The van der Waals surface area contributed by atoms with Crippen molar-refractivity contribution < 1.29 is 9.53 Å². The topological polar surface area (TPSA) is 38.3 Å². The molecule has 0 aliphatic carbocycles. The molecule has 1 atom stereocenters. The fourth-order valence-corrected chi connectivity index (χ4v) is 0.733. The van der Waals surface area contributed by atoms with Gasteiger partial charge >= 0.3 is 5.97 Å². The van der Waals surface area contributed by atoms with Gasteiger partial charge in [-0.15, -0.1) is 12.4 Å². The third-order valence-corrected chi connectivity index (χ3v) is 1.39.